The second kappa shape index (κ2) is 6.14. The molecule has 4 heteroatoms. The lowest BCUT2D eigenvalue weighted by molar-refractivity contribution is -0.131. The molecule has 0 radical (unpaired) electrons. The number of hydrogen-bond acceptors (Lipinski definition) is 2. The molecule has 2 aromatic carbocycles. The number of para-hydroxylation sites is 1. The van der Waals surface area contributed by atoms with E-state index in [1.165, 1.54) is 5.56 Å². The molecule has 1 atom stereocenters. The van der Waals surface area contributed by atoms with Crippen LogP contribution in [0.25, 0.3) is 0 Å². The van der Waals surface area contributed by atoms with Gasteiger partial charge in [-0.3, -0.25) is 4.79 Å². The number of benzene rings is 2. The Kier molecular flexibility index (Phi) is 4.31. The predicted octanol–water partition coefficient (Wildman–Crippen LogP) is 4.78. The number of fused-ring (bicyclic) bond motifs is 1. The molecule has 2 aromatic rings. The van der Waals surface area contributed by atoms with Crippen molar-refractivity contribution < 1.29 is 9.53 Å². The van der Waals surface area contributed by atoms with Gasteiger partial charge in [0, 0.05) is 16.8 Å². The van der Waals surface area contributed by atoms with Crippen molar-refractivity contribution in [3.8, 4) is 5.75 Å². The molecular formula is C20H22ClNO2. The van der Waals surface area contributed by atoms with Gasteiger partial charge < -0.3 is 9.64 Å². The molecule has 24 heavy (non-hydrogen) atoms. The summed E-state index contributed by atoms with van der Waals surface area (Å²) in [6, 6.07) is 13.6. The van der Waals surface area contributed by atoms with Gasteiger partial charge in [0.05, 0.1) is 0 Å². The van der Waals surface area contributed by atoms with Crippen molar-refractivity contribution >= 4 is 23.2 Å². The third kappa shape index (κ3) is 3.01. The van der Waals surface area contributed by atoms with E-state index < -0.39 is 5.60 Å². The fourth-order valence-corrected chi connectivity index (χ4v) is 3.30. The summed E-state index contributed by atoms with van der Waals surface area (Å²) in [5.41, 5.74) is 2.15. The Balaban J connectivity index is 1.86. The van der Waals surface area contributed by atoms with Gasteiger partial charge in [-0.05, 0) is 69.5 Å². The highest BCUT2D eigenvalue weighted by Crippen LogP contribution is 2.35. The number of rotatable bonds is 3. The van der Waals surface area contributed by atoms with Crippen LogP contribution in [0, 0.1) is 6.92 Å². The molecule has 0 fully saturated rings. The van der Waals surface area contributed by atoms with Gasteiger partial charge in [-0.2, -0.15) is 0 Å². The van der Waals surface area contributed by atoms with Gasteiger partial charge in [0.1, 0.15) is 5.75 Å². The van der Waals surface area contributed by atoms with Crippen LogP contribution in [-0.2, 0) is 11.2 Å². The van der Waals surface area contributed by atoms with Crippen LogP contribution >= 0.6 is 11.6 Å². The first-order valence-corrected chi connectivity index (χ1v) is 8.54. The monoisotopic (exact) mass is 343 g/mol. The summed E-state index contributed by atoms with van der Waals surface area (Å²) in [6.45, 7) is 7.61. The number of hydrogen-bond donors (Lipinski definition) is 0. The molecule has 1 heterocycles. The van der Waals surface area contributed by atoms with Crippen LogP contribution in [0.15, 0.2) is 42.5 Å². The molecule has 0 aromatic heterocycles. The predicted molar refractivity (Wildman–Crippen MR) is 98.0 cm³/mol. The lowest BCUT2D eigenvalue weighted by Gasteiger charge is -2.33. The Morgan fingerprint density at radius 2 is 1.96 bits per heavy atom. The number of nitrogens with zero attached hydrogens (tertiary/aromatic N) is 1. The van der Waals surface area contributed by atoms with E-state index in [2.05, 4.69) is 13.0 Å². The van der Waals surface area contributed by atoms with E-state index in [1.807, 2.05) is 49.9 Å². The Morgan fingerprint density at radius 1 is 1.25 bits per heavy atom. The average molecular weight is 344 g/mol. The minimum atomic E-state index is -0.966. The molecule has 0 N–H and O–H groups in total. The van der Waals surface area contributed by atoms with Gasteiger partial charge in [-0.25, -0.2) is 0 Å². The summed E-state index contributed by atoms with van der Waals surface area (Å²) in [4.78, 5) is 15.0. The van der Waals surface area contributed by atoms with Crippen molar-refractivity contribution in [3.05, 3.63) is 58.6 Å². The zero-order valence-corrected chi connectivity index (χ0v) is 15.2. The zero-order valence-electron chi connectivity index (χ0n) is 14.5. The molecule has 0 bridgehead atoms. The second-order valence-electron chi connectivity index (χ2n) is 6.88. The van der Waals surface area contributed by atoms with E-state index in [9.17, 15) is 4.79 Å². The molecule has 1 amide bonds. The minimum absolute atomic E-state index is 0.0347. The van der Waals surface area contributed by atoms with E-state index in [0.29, 0.717) is 10.8 Å². The maximum absolute atomic E-state index is 13.2. The van der Waals surface area contributed by atoms with Crippen molar-refractivity contribution in [2.45, 2.75) is 45.8 Å². The van der Waals surface area contributed by atoms with Gasteiger partial charge in [-0.15, -0.1) is 0 Å². The Morgan fingerprint density at radius 3 is 2.67 bits per heavy atom. The van der Waals surface area contributed by atoms with Crippen LogP contribution < -0.4 is 9.64 Å². The zero-order chi connectivity index (χ0) is 17.5. The fourth-order valence-electron chi connectivity index (χ4n) is 3.18. The summed E-state index contributed by atoms with van der Waals surface area (Å²) in [5.74, 6) is 0.614. The normalized spacial score (nSPS) is 16.9. The summed E-state index contributed by atoms with van der Waals surface area (Å²) < 4.78 is 6.03. The van der Waals surface area contributed by atoms with Crippen LogP contribution in [0.4, 0.5) is 5.69 Å². The molecule has 3 nitrogen and oxygen atoms in total. The molecule has 0 saturated heterocycles. The summed E-state index contributed by atoms with van der Waals surface area (Å²) in [5, 5.41) is 0.688. The van der Waals surface area contributed by atoms with Gasteiger partial charge in [0.2, 0.25) is 0 Å². The van der Waals surface area contributed by atoms with Gasteiger partial charge in [0.25, 0.3) is 5.91 Å². The van der Waals surface area contributed by atoms with Crippen LogP contribution in [0.5, 0.6) is 5.75 Å². The molecule has 1 aliphatic rings. The third-order valence-electron chi connectivity index (χ3n) is 4.44. The quantitative estimate of drug-likeness (QED) is 0.802. The van der Waals surface area contributed by atoms with Crippen LogP contribution in [0.3, 0.4) is 0 Å². The number of halogens is 1. The van der Waals surface area contributed by atoms with Gasteiger partial charge >= 0.3 is 0 Å². The lowest BCUT2D eigenvalue weighted by atomic mass is 10.1. The fraction of sp³-hybridized carbons (Fsp3) is 0.350. The number of aryl methyl sites for hydroxylation is 1. The molecule has 0 spiro atoms. The molecule has 1 aliphatic heterocycles. The molecule has 3 rings (SSSR count). The van der Waals surface area contributed by atoms with Crippen molar-refractivity contribution in [2.75, 3.05) is 4.90 Å². The largest absolute Gasteiger partial charge is 0.478 e. The van der Waals surface area contributed by atoms with Crippen LogP contribution in [-0.4, -0.2) is 17.6 Å². The highest BCUT2D eigenvalue weighted by molar-refractivity contribution is 6.31. The van der Waals surface area contributed by atoms with Crippen molar-refractivity contribution in [1.82, 2.24) is 0 Å². The Labute approximate surface area is 148 Å². The van der Waals surface area contributed by atoms with E-state index >= 15 is 0 Å². The van der Waals surface area contributed by atoms with Crippen LogP contribution in [0.1, 0.15) is 31.9 Å². The summed E-state index contributed by atoms with van der Waals surface area (Å²) >= 11 is 6.06. The molecule has 126 valence electrons. The lowest BCUT2D eigenvalue weighted by Crippen LogP contribution is -2.51. The third-order valence-corrected chi connectivity index (χ3v) is 4.87. The highest BCUT2D eigenvalue weighted by Gasteiger charge is 2.40. The minimum Gasteiger partial charge on any atom is -0.478 e. The maximum atomic E-state index is 13.2. The number of amides is 1. The second-order valence-corrected chi connectivity index (χ2v) is 7.29. The molecule has 0 aliphatic carbocycles. The molecule has 0 saturated carbocycles. The molecule has 0 unspecified atom stereocenters. The van der Waals surface area contributed by atoms with Crippen molar-refractivity contribution in [3.63, 3.8) is 0 Å². The number of anilines is 1. The van der Waals surface area contributed by atoms with Crippen molar-refractivity contribution in [1.29, 1.82) is 0 Å². The first-order valence-electron chi connectivity index (χ1n) is 8.16. The average Bonchev–Trinajstić information content (AvgIpc) is 2.85. The molecular weight excluding hydrogens is 322 g/mol. The Bertz CT molecular complexity index is 785. The number of ether oxygens (including phenoxy) is 1. The van der Waals surface area contributed by atoms with Gasteiger partial charge in [0.15, 0.2) is 5.60 Å². The number of carbonyl (C=O) groups excluding carboxylic acids is 1. The number of carbonyl (C=O) groups is 1. The van der Waals surface area contributed by atoms with Crippen molar-refractivity contribution in [2.24, 2.45) is 0 Å². The van der Waals surface area contributed by atoms with Gasteiger partial charge in [-0.1, -0.05) is 29.8 Å². The maximum Gasteiger partial charge on any atom is 0.270 e. The highest BCUT2D eigenvalue weighted by atomic mass is 35.5. The summed E-state index contributed by atoms with van der Waals surface area (Å²) in [7, 11) is 0. The first-order chi connectivity index (χ1) is 11.3. The van der Waals surface area contributed by atoms with E-state index in [1.54, 1.807) is 12.1 Å². The Hall–Kier alpha value is -2.00. The standard InChI is InChI=1S/C20H22ClNO2/c1-13-11-16(9-10-17(13)21)24-20(3,4)19(23)22-14(2)12-15-7-5-6-8-18(15)22/h5-11,14H,12H2,1-4H3/t14-/m1/s1. The van der Waals surface area contributed by atoms with Crippen LogP contribution in [0.2, 0.25) is 5.02 Å². The van der Waals surface area contributed by atoms with E-state index in [0.717, 1.165) is 17.7 Å². The SMILES string of the molecule is Cc1cc(OC(C)(C)C(=O)N2c3ccccc3C[C@H]2C)ccc1Cl. The van der Waals surface area contributed by atoms with E-state index in [4.69, 9.17) is 16.3 Å². The summed E-state index contributed by atoms with van der Waals surface area (Å²) in [6.07, 6.45) is 0.873. The van der Waals surface area contributed by atoms with E-state index in [-0.39, 0.29) is 11.9 Å². The first kappa shape index (κ1) is 16.8. The topological polar surface area (TPSA) is 29.5 Å². The smallest absolute Gasteiger partial charge is 0.270 e.